The van der Waals surface area contributed by atoms with Crippen LogP contribution in [0.25, 0.3) is 6.08 Å². The molecule has 0 saturated carbocycles. The molecule has 1 heterocycles. The summed E-state index contributed by atoms with van der Waals surface area (Å²) in [5.41, 5.74) is 1.12. The van der Waals surface area contributed by atoms with Crippen molar-refractivity contribution in [2.45, 2.75) is 20.8 Å². The number of ether oxygens (including phenoxy) is 3. The van der Waals surface area contributed by atoms with Gasteiger partial charge in [0.2, 0.25) is 0 Å². The fourth-order valence-corrected chi connectivity index (χ4v) is 3.33. The Balaban J connectivity index is 1.93. The third-order valence-electron chi connectivity index (χ3n) is 4.58. The van der Waals surface area contributed by atoms with E-state index in [4.69, 9.17) is 26.4 Å². The SMILES string of the molecule is CCOc1cc(/C=C2\C(=O)NC(=S)N(c3ccc(OC)cc3)C2=O)ccc1OCC(C)C. The maximum atomic E-state index is 13.2. The summed E-state index contributed by atoms with van der Waals surface area (Å²) >= 11 is 5.24. The van der Waals surface area contributed by atoms with E-state index in [-0.39, 0.29) is 10.7 Å². The van der Waals surface area contributed by atoms with Crippen LogP contribution >= 0.6 is 12.2 Å². The lowest BCUT2D eigenvalue weighted by molar-refractivity contribution is -0.122. The number of amides is 2. The maximum absolute atomic E-state index is 13.2. The van der Waals surface area contributed by atoms with E-state index in [1.165, 1.54) is 11.0 Å². The highest BCUT2D eigenvalue weighted by atomic mass is 32.1. The highest BCUT2D eigenvalue weighted by Gasteiger charge is 2.34. The molecular weight excluding hydrogens is 428 g/mol. The van der Waals surface area contributed by atoms with E-state index >= 15 is 0 Å². The fraction of sp³-hybridized carbons (Fsp3) is 0.292. The van der Waals surface area contributed by atoms with Crippen molar-refractivity contribution >= 4 is 40.9 Å². The van der Waals surface area contributed by atoms with E-state index in [1.807, 2.05) is 6.92 Å². The van der Waals surface area contributed by atoms with Crippen molar-refractivity contribution in [3.05, 3.63) is 53.6 Å². The van der Waals surface area contributed by atoms with Crippen LogP contribution in [0.15, 0.2) is 48.0 Å². The third kappa shape index (κ3) is 5.26. The molecule has 1 aliphatic rings. The Morgan fingerprint density at radius 2 is 1.78 bits per heavy atom. The largest absolute Gasteiger partial charge is 0.497 e. The number of methoxy groups -OCH3 is 1. The van der Waals surface area contributed by atoms with Crippen LogP contribution in [-0.2, 0) is 9.59 Å². The molecule has 2 aromatic rings. The summed E-state index contributed by atoms with van der Waals surface area (Å²) in [6.45, 7) is 7.01. The zero-order valence-electron chi connectivity index (χ0n) is 18.5. The highest BCUT2D eigenvalue weighted by Crippen LogP contribution is 2.31. The van der Waals surface area contributed by atoms with Gasteiger partial charge in [-0.05, 0) is 73.1 Å². The molecule has 0 unspecified atom stereocenters. The molecule has 7 nitrogen and oxygen atoms in total. The molecule has 8 heteroatoms. The van der Waals surface area contributed by atoms with Gasteiger partial charge in [0.15, 0.2) is 16.6 Å². The van der Waals surface area contributed by atoms with Crippen LogP contribution in [-0.4, -0.2) is 37.3 Å². The van der Waals surface area contributed by atoms with Crippen molar-refractivity contribution in [2.24, 2.45) is 5.92 Å². The fourth-order valence-electron chi connectivity index (χ4n) is 3.05. The predicted molar refractivity (Wildman–Crippen MR) is 127 cm³/mol. The van der Waals surface area contributed by atoms with Gasteiger partial charge in [0, 0.05) is 0 Å². The van der Waals surface area contributed by atoms with Crippen LogP contribution in [0.3, 0.4) is 0 Å². The normalized spacial score (nSPS) is 15.2. The quantitative estimate of drug-likeness (QED) is 0.370. The minimum atomic E-state index is -0.553. The summed E-state index contributed by atoms with van der Waals surface area (Å²) in [6, 6.07) is 12.1. The lowest BCUT2D eigenvalue weighted by Gasteiger charge is -2.29. The Hall–Kier alpha value is -3.39. The van der Waals surface area contributed by atoms with Gasteiger partial charge in [0.25, 0.3) is 11.8 Å². The number of nitrogens with zero attached hydrogens (tertiary/aromatic N) is 1. The van der Waals surface area contributed by atoms with Crippen molar-refractivity contribution in [1.29, 1.82) is 0 Å². The van der Waals surface area contributed by atoms with E-state index in [0.29, 0.717) is 47.6 Å². The van der Waals surface area contributed by atoms with Crippen LogP contribution in [0, 0.1) is 5.92 Å². The number of rotatable bonds is 8. The van der Waals surface area contributed by atoms with Gasteiger partial charge in [0.05, 0.1) is 26.0 Å². The number of carbonyl (C=O) groups is 2. The number of hydrogen-bond acceptors (Lipinski definition) is 6. The molecule has 2 amide bonds. The van der Waals surface area contributed by atoms with Crippen molar-refractivity contribution < 1.29 is 23.8 Å². The summed E-state index contributed by atoms with van der Waals surface area (Å²) < 4.78 is 16.7. The van der Waals surface area contributed by atoms with Crippen LogP contribution in [0.2, 0.25) is 0 Å². The molecule has 3 rings (SSSR count). The van der Waals surface area contributed by atoms with Gasteiger partial charge in [-0.25, -0.2) is 0 Å². The summed E-state index contributed by atoms with van der Waals surface area (Å²) in [5, 5.41) is 2.61. The van der Waals surface area contributed by atoms with Crippen LogP contribution in [0.4, 0.5) is 5.69 Å². The van der Waals surface area contributed by atoms with Gasteiger partial charge in [-0.1, -0.05) is 19.9 Å². The smallest absolute Gasteiger partial charge is 0.270 e. The first-order valence-electron chi connectivity index (χ1n) is 10.3. The topological polar surface area (TPSA) is 77.1 Å². The Kier molecular flexibility index (Phi) is 7.48. The molecule has 0 radical (unpaired) electrons. The zero-order chi connectivity index (χ0) is 23.3. The second kappa shape index (κ2) is 10.3. The first kappa shape index (κ1) is 23.3. The number of nitrogens with one attached hydrogen (secondary N) is 1. The summed E-state index contributed by atoms with van der Waals surface area (Å²) in [6.07, 6.45) is 1.52. The lowest BCUT2D eigenvalue weighted by atomic mass is 10.1. The molecule has 2 aromatic carbocycles. The van der Waals surface area contributed by atoms with Gasteiger partial charge in [-0.15, -0.1) is 0 Å². The zero-order valence-corrected chi connectivity index (χ0v) is 19.3. The van der Waals surface area contributed by atoms with Gasteiger partial charge < -0.3 is 14.2 Å². The number of thiocarbonyl (C=S) groups is 1. The van der Waals surface area contributed by atoms with E-state index in [2.05, 4.69) is 19.2 Å². The molecule has 0 aromatic heterocycles. The molecule has 168 valence electrons. The van der Waals surface area contributed by atoms with Gasteiger partial charge in [-0.2, -0.15) is 0 Å². The average Bonchev–Trinajstić information content (AvgIpc) is 2.76. The molecule has 0 aliphatic carbocycles. The Morgan fingerprint density at radius 3 is 2.41 bits per heavy atom. The lowest BCUT2D eigenvalue weighted by Crippen LogP contribution is -2.54. The molecular formula is C24H26N2O5S. The van der Waals surface area contributed by atoms with Gasteiger partial charge in [-0.3, -0.25) is 19.8 Å². The Bertz CT molecular complexity index is 1050. The number of hydrogen-bond donors (Lipinski definition) is 1. The van der Waals surface area contributed by atoms with E-state index in [9.17, 15) is 9.59 Å². The minimum Gasteiger partial charge on any atom is -0.497 e. The van der Waals surface area contributed by atoms with Crippen molar-refractivity contribution in [3.63, 3.8) is 0 Å². The van der Waals surface area contributed by atoms with E-state index < -0.39 is 11.8 Å². The monoisotopic (exact) mass is 454 g/mol. The van der Waals surface area contributed by atoms with Crippen LogP contribution in [0.5, 0.6) is 17.2 Å². The summed E-state index contributed by atoms with van der Waals surface area (Å²) in [4.78, 5) is 27.0. The average molecular weight is 455 g/mol. The van der Waals surface area contributed by atoms with Crippen molar-refractivity contribution in [3.8, 4) is 17.2 Å². The predicted octanol–water partition coefficient (Wildman–Crippen LogP) is 3.96. The third-order valence-corrected chi connectivity index (χ3v) is 4.87. The first-order valence-corrected chi connectivity index (χ1v) is 10.7. The van der Waals surface area contributed by atoms with Gasteiger partial charge >= 0.3 is 0 Å². The minimum absolute atomic E-state index is 0.0229. The summed E-state index contributed by atoms with van der Waals surface area (Å²) in [5.74, 6) is 1.11. The molecule has 1 saturated heterocycles. The number of benzene rings is 2. The van der Waals surface area contributed by atoms with Crippen molar-refractivity contribution in [2.75, 3.05) is 25.2 Å². The summed E-state index contributed by atoms with van der Waals surface area (Å²) in [7, 11) is 1.56. The van der Waals surface area contributed by atoms with Crippen LogP contribution in [0.1, 0.15) is 26.3 Å². The maximum Gasteiger partial charge on any atom is 0.270 e. The van der Waals surface area contributed by atoms with E-state index in [1.54, 1.807) is 49.6 Å². The molecule has 1 N–H and O–H groups in total. The molecule has 0 bridgehead atoms. The molecule has 0 atom stereocenters. The Labute approximate surface area is 193 Å². The number of carbonyl (C=O) groups excluding carboxylic acids is 2. The van der Waals surface area contributed by atoms with Gasteiger partial charge in [0.1, 0.15) is 11.3 Å². The van der Waals surface area contributed by atoms with Crippen LogP contribution < -0.4 is 24.4 Å². The first-order chi connectivity index (χ1) is 15.3. The molecule has 1 aliphatic heterocycles. The Morgan fingerprint density at radius 1 is 1.06 bits per heavy atom. The molecule has 1 fully saturated rings. The van der Waals surface area contributed by atoms with Crippen molar-refractivity contribution in [1.82, 2.24) is 5.32 Å². The highest BCUT2D eigenvalue weighted by molar-refractivity contribution is 7.80. The number of anilines is 1. The second-order valence-electron chi connectivity index (χ2n) is 7.50. The second-order valence-corrected chi connectivity index (χ2v) is 7.89. The molecule has 0 spiro atoms. The molecule has 32 heavy (non-hydrogen) atoms. The standard InChI is InChI=1S/C24H26N2O5S/c1-5-30-21-13-16(6-11-20(21)31-14-15(2)3)12-19-22(27)25-24(32)26(23(19)28)17-7-9-18(29-4)10-8-17/h6-13,15H,5,14H2,1-4H3,(H,25,27,32)/b19-12+. The van der Waals surface area contributed by atoms with E-state index in [0.717, 1.165) is 0 Å².